The van der Waals surface area contributed by atoms with Gasteiger partial charge >= 0.3 is 5.97 Å². The third-order valence-electron chi connectivity index (χ3n) is 3.95. The minimum absolute atomic E-state index is 0.0325. The highest BCUT2D eigenvalue weighted by Gasteiger charge is 2.21. The van der Waals surface area contributed by atoms with Gasteiger partial charge in [0, 0.05) is 5.38 Å². The second-order valence-corrected chi connectivity index (χ2v) is 8.61. The van der Waals surface area contributed by atoms with Gasteiger partial charge in [-0.2, -0.15) is 0 Å². The number of hydrogen-bond acceptors (Lipinski definition) is 8. The smallest absolute Gasteiger partial charge is 0.339 e. The number of benzene rings is 1. The van der Waals surface area contributed by atoms with Gasteiger partial charge in [-0.3, -0.25) is 14.2 Å². The first-order chi connectivity index (χ1) is 13.7. The molecule has 0 bridgehead atoms. The van der Waals surface area contributed by atoms with Gasteiger partial charge in [-0.15, -0.1) is 11.3 Å². The Hall–Kier alpha value is -3.05. The highest BCUT2D eigenvalue weighted by molar-refractivity contribution is 7.90. The van der Waals surface area contributed by atoms with Gasteiger partial charge in [0.05, 0.1) is 28.8 Å². The molecule has 2 aromatic heterocycles. The molecule has 0 aliphatic heterocycles. The number of carbonyl (C=O) groups is 2. The van der Waals surface area contributed by atoms with E-state index in [1.54, 1.807) is 26.0 Å². The van der Waals surface area contributed by atoms with Crippen LogP contribution in [0.1, 0.15) is 22.8 Å². The van der Waals surface area contributed by atoms with Crippen molar-refractivity contribution in [3.63, 3.8) is 0 Å². The summed E-state index contributed by atoms with van der Waals surface area (Å²) < 4.78 is 32.4. The first-order valence-corrected chi connectivity index (χ1v) is 10.8. The molecule has 9 nitrogen and oxygen atoms in total. The number of aryl methyl sites for hydroxylation is 1. The molecule has 0 atom stereocenters. The lowest BCUT2D eigenvalue weighted by Crippen LogP contribution is -2.36. The summed E-state index contributed by atoms with van der Waals surface area (Å²) in [5.74, 6) is -1.58. The molecule has 0 radical (unpaired) electrons. The minimum Gasteiger partial charge on any atom is -0.462 e. The maximum atomic E-state index is 12.7. The molecular formula is C18H17N3O6S2. The van der Waals surface area contributed by atoms with Crippen molar-refractivity contribution < 1.29 is 22.7 Å². The fourth-order valence-corrected chi connectivity index (χ4v) is 4.40. The monoisotopic (exact) mass is 435 g/mol. The van der Waals surface area contributed by atoms with Gasteiger partial charge in [0.25, 0.3) is 21.5 Å². The molecular weight excluding hydrogens is 418 g/mol. The van der Waals surface area contributed by atoms with E-state index >= 15 is 0 Å². The molecule has 1 N–H and O–H groups in total. The number of rotatable bonds is 6. The van der Waals surface area contributed by atoms with Gasteiger partial charge in [0.15, 0.2) is 0 Å². The van der Waals surface area contributed by atoms with E-state index in [0.29, 0.717) is 4.83 Å². The number of carbonyl (C=O) groups excluding carboxylic acids is 2. The van der Waals surface area contributed by atoms with Crippen LogP contribution < -0.4 is 10.3 Å². The first kappa shape index (κ1) is 20.7. The minimum atomic E-state index is -4.08. The molecule has 0 aliphatic carbocycles. The molecule has 0 fully saturated rings. The third kappa shape index (κ3) is 4.35. The summed E-state index contributed by atoms with van der Waals surface area (Å²) in [6.45, 7) is 3.01. The molecule has 3 rings (SSSR count). The number of thiophene rings is 1. The predicted octanol–water partition coefficient (Wildman–Crippen LogP) is 1.45. The summed E-state index contributed by atoms with van der Waals surface area (Å²) in [6, 6.07) is 5.97. The van der Waals surface area contributed by atoms with Crippen LogP contribution in [0.2, 0.25) is 0 Å². The Kier molecular flexibility index (Phi) is 5.80. The lowest BCUT2D eigenvalue weighted by Gasteiger charge is -2.09. The van der Waals surface area contributed by atoms with Crippen molar-refractivity contribution in [1.82, 2.24) is 14.3 Å². The van der Waals surface area contributed by atoms with E-state index in [4.69, 9.17) is 4.74 Å². The summed E-state index contributed by atoms with van der Waals surface area (Å²) >= 11 is 1.10. The van der Waals surface area contributed by atoms with Gasteiger partial charge < -0.3 is 4.74 Å². The molecule has 152 valence electrons. The van der Waals surface area contributed by atoms with Crippen LogP contribution in [-0.2, 0) is 26.1 Å². The largest absolute Gasteiger partial charge is 0.462 e. The average molecular weight is 435 g/mol. The third-order valence-corrected chi connectivity index (χ3v) is 6.23. The van der Waals surface area contributed by atoms with Crippen LogP contribution in [-0.4, -0.2) is 36.5 Å². The van der Waals surface area contributed by atoms with E-state index in [-0.39, 0.29) is 22.5 Å². The van der Waals surface area contributed by atoms with Crippen molar-refractivity contribution in [3.05, 3.63) is 57.5 Å². The number of fused-ring (bicyclic) bond motifs is 1. The van der Waals surface area contributed by atoms with Gasteiger partial charge in [0.2, 0.25) is 0 Å². The quantitative estimate of drug-likeness (QED) is 0.581. The van der Waals surface area contributed by atoms with Crippen LogP contribution in [0.25, 0.3) is 10.2 Å². The number of aromatic nitrogens is 2. The van der Waals surface area contributed by atoms with E-state index in [1.807, 2.05) is 4.72 Å². The zero-order valence-electron chi connectivity index (χ0n) is 15.5. The van der Waals surface area contributed by atoms with E-state index in [9.17, 15) is 22.8 Å². The Morgan fingerprint density at radius 2 is 1.93 bits per heavy atom. The SMILES string of the molecule is CCOC(=O)c1csc2ncn(CC(=O)NS(=O)(=O)c3ccc(C)cc3)c(=O)c12. The van der Waals surface area contributed by atoms with Crippen LogP contribution in [0.4, 0.5) is 0 Å². The number of hydrogen-bond donors (Lipinski definition) is 1. The first-order valence-electron chi connectivity index (χ1n) is 8.49. The molecule has 0 unspecified atom stereocenters. The fraction of sp³-hybridized carbons (Fsp3) is 0.222. The van der Waals surface area contributed by atoms with Gasteiger partial charge in [-0.1, -0.05) is 17.7 Å². The number of esters is 1. The van der Waals surface area contributed by atoms with Crippen molar-refractivity contribution in [2.45, 2.75) is 25.3 Å². The lowest BCUT2D eigenvalue weighted by atomic mass is 10.2. The average Bonchev–Trinajstić information content (AvgIpc) is 3.09. The summed E-state index contributed by atoms with van der Waals surface area (Å²) in [4.78, 5) is 41.3. The van der Waals surface area contributed by atoms with E-state index < -0.39 is 34.0 Å². The predicted molar refractivity (Wildman–Crippen MR) is 106 cm³/mol. The van der Waals surface area contributed by atoms with Crippen molar-refractivity contribution in [1.29, 1.82) is 0 Å². The number of nitrogens with zero attached hydrogens (tertiary/aromatic N) is 2. The molecule has 29 heavy (non-hydrogen) atoms. The van der Waals surface area contributed by atoms with Crippen molar-refractivity contribution in [2.24, 2.45) is 0 Å². The van der Waals surface area contributed by atoms with Crippen molar-refractivity contribution >= 4 is 43.5 Å². The highest BCUT2D eigenvalue weighted by atomic mass is 32.2. The highest BCUT2D eigenvalue weighted by Crippen LogP contribution is 2.21. The van der Waals surface area contributed by atoms with Gasteiger partial charge in [0.1, 0.15) is 11.4 Å². The molecule has 0 spiro atoms. The molecule has 0 saturated heterocycles. The van der Waals surface area contributed by atoms with Crippen LogP contribution in [0.5, 0.6) is 0 Å². The maximum absolute atomic E-state index is 12.7. The zero-order valence-corrected chi connectivity index (χ0v) is 17.2. The second-order valence-electron chi connectivity index (χ2n) is 6.07. The standard InChI is InChI=1S/C18H17N3O6S2/c1-3-27-18(24)13-9-28-16-15(13)17(23)21(10-19-16)8-14(22)20-29(25,26)12-6-4-11(2)5-7-12/h4-7,9-10H,3,8H2,1-2H3,(H,20,22). The van der Waals surface area contributed by atoms with Crippen LogP contribution in [0.15, 0.2) is 45.7 Å². The molecule has 1 aromatic carbocycles. The lowest BCUT2D eigenvalue weighted by molar-refractivity contribution is -0.119. The molecule has 11 heteroatoms. The van der Waals surface area contributed by atoms with Gasteiger partial charge in [-0.05, 0) is 26.0 Å². The molecule has 3 aromatic rings. The Bertz CT molecular complexity index is 1240. The van der Waals surface area contributed by atoms with Crippen molar-refractivity contribution in [2.75, 3.05) is 6.61 Å². The van der Waals surface area contributed by atoms with Crippen LogP contribution in [0.3, 0.4) is 0 Å². The fourth-order valence-electron chi connectivity index (χ4n) is 2.55. The van der Waals surface area contributed by atoms with E-state index in [0.717, 1.165) is 27.8 Å². The number of amides is 1. The summed E-state index contributed by atoms with van der Waals surface area (Å²) in [6.07, 6.45) is 1.13. The molecule has 1 amide bonds. The summed E-state index contributed by atoms with van der Waals surface area (Å²) in [7, 11) is -4.08. The maximum Gasteiger partial charge on any atom is 0.339 e. The summed E-state index contributed by atoms with van der Waals surface area (Å²) in [5.41, 5.74) is 0.294. The topological polar surface area (TPSA) is 124 Å². The molecule has 0 aliphatic rings. The Morgan fingerprint density at radius 3 is 2.59 bits per heavy atom. The molecule has 0 saturated carbocycles. The number of ether oxygens (including phenoxy) is 1. The van der Waals surface area contributed by atoms with Crippen LogP contribution in [0, 0.1) is 6.92 Å². The zero-order chi connectivity index (χ0) is 21.2. The number of sulfonamides is 1. The second kappa shape index (κ2) is 8.13. The van der Waals surface area contributed by atoms with E-state index in [1.165, 1.54) is 17.5 Å². The normalized spacial score (nSPS) is 11.4. The Balaban J connectivity index is 1.86. The van der Waals surface area contributed by atoms with Crippen LogP contribution >= 0.6 is 11.3 Å². The van der Waals surface area contributed by atoms with Crippen molar-refractivity contribution in [3.8, 4) is 0 Å². The number of nitrogens with one attached hydrogen (secondary N) is 1. The van der Waals surface area contributed by atoms with Gasteiger partial charge in [-0.25, -0.2) is 22.9 Å². The Labute approximate surface area is 170 Å². The Morgan fingerprint density at radius 1 is 1.24 bits per heavy atom. The van der Waals surface area contributed by atoms with E-state index in [2.05, 4.69) is 4.98 Å². The molecule has 2 heterocycles. The summed E-state index contributed by atoms with van der Waals surface area (Å²) in [5, 5.41) is 1.49.